The van der Waals surface area contributed by atoms with Crippen LogP contribution in [0.1, 0.15) is 15.9 Å². The van der Waals surface area contributed by atoms with E-state index in [1.165, 1.54) is 13.3 Å². The molecule has 0 bridgehead atoms. The molecule has 0 saturated carbocycles. The monoisotopic (exact) mass is 374 g/mol. The molecule has 0 fully saturated rings. The second-order valence-electron chi connectivity index (χ2n) is 4.74. The largest absolute Gasteiger partial charge is 0.465 e. The number of ether oxygens (including phenoxy) is 2. The molecule has 0 saturated heterocycles. The van der Waals surface area contributed by atoms with Gasteiger partial charge in [0, 0.05) is 12.2 Å². The van der Waals surface area contributed by atoms with Crippen molar-refractivity contribution in [3.8, 4) is 11.6 Å². The number of aliphatic hydroxyl groups excluding tert-OH is 1. The molecule has 0 unspecified atom stereocenters. The van der Waals surface area contributed by atoms with Crippen molar-refractivity contribution >= 4 is 30.8 Å². The standard InChI is InChI=1S/C16H18N2O4.2ClH/c1-21-16(20)14-3-2-8-18-15(14)22-13-6-4-11(5-7-13)9-12(17)10-19;;/h2-8,12,19H,9-10,17H2,1H3;2*1H/t12-;;/m0../s1. The van der Waals surface area contributed by atoms with Crippen LogP contribution in [0.25, 0.3) is 0 Å². The van der Waals surface area contributed by atoms with Crippen LogP contribution in [-0.4, -0.2) is 35.8 Å². The molecule has 3 N–H and O–H groups in total. The van der Waals surface area contributed by atoms with Crippen molar-refractivity contribution < 1.29 is 19.4 Å². The summed E-state index contributed by atoms with van der Waals surface area (Å²) in [7, 11) is 1.30. The van der Waals surface area contributed by atoms with E-state index in [1.54, 1.807) is 24.3 Å². The fraction of sp³-hybridized carbons (Fsp3) is 0.250. The highest BCUT2D eigenvalue weighted by atomic mass is 35.5. The first-order chi connectivity index (χ1) is 10.6. The molecule has 0 amide bonds. The molecule has 1 aromatic carbocycles. The van der Waals surface area contributed by atoms with Gasteiger partial charge in [0.2, 0.25) is 5.88 Å². The fourth-order valence-corrected chi connectivity index (χ4v) is 1.91. The lowest BCUT2D eigenvalue weighted by Crippen LogP contribution is -2.26. The first-order valence-electron chi connectivity index (χ1n) is 6.80. The zero-order valence-electron chi connectivity index (χ0n) is 13.0. The fourth-order valence-electron chi connectivity index (χ4n) is 1.91. The van der Waals surface area contributed by atoms with Crippen molar-refractivity contribution in [2.75, 3.05) is 13.7 Å². The Balaban J connectivity index is 0.00000264. The molecule has 0 aliphatic carbocycles. The Morgan fingerprint density at radius 1 is 1.25 bits per heavy atom. The maximum absolute atomic E-state index is 11.7. The number of benzene rings is 1. The van der Waals surface area contributed by atoms with Gasteiger partial charge in [0.25, 0.3) is 0 Å². The number of carbonyl (C=O) groups excluding carboxylic acids is 1. The molecule has 0 spiro atoms. The number of pyridine rings is 1. The Labute approximate surface area is 152 Å². The molecule has 1 aromatic heterocycles. The molecule has 24 heavy (non-hydrogen) atoms. The van der Waals surface area contributed by atoms with E-state index in [0.717, 1.165) is 5.56 Å². The number of aromatic nitrogens is 1. The number of methoxy groups -OCH3 is 1. The third-order valence-corrected chi connectivity index (χ3v) is 3.05. The molecule has 0 radical (unpaired) electrons. The van der Waals surface area contributed by atoms with Crippen LogP contribution >= 0.6 is 24.8 Å². The lowest BCUT2D eigenvalue weighted by Gasteiger charge is -2.10. The molecular weight excluding hydrogens is 355 g/mol. The minimum Gasteiger partial charge on any atom is -0.465 e. The highest BCUT2D eigenvalue weighted by molar-refractivity contribution is 5.91. The molecule has 0 aliphatic heterocycles. The second-order valence-corrected chi connectivity index (χ2v) is 4.74. The molecule has 8 heteroatoms. The summed E-state index contributed by atoms with van der Waals surface area (Å²) in [6, 6.07) is 10.2. The van der Waals surface area contributed by atoms with Crippen molar-refractivity contribution in [3.05, 3.63) is 53.7 Å². The van der Waals surface area contributed by atoms with Crippen molar-refractivity contribution in [2.24, 2.45) is 5.73 Å². The number of hydrogen-bond donors (Lipinski definition) is 2. The molecule has 2 aromatic rings. The number of aliphatic hydroxyl groups is 1. The van der Waals surface area contributed by atoms with Crippen molar-refractivity contribution in [3.63, 3.8) is 0 Å². The Kier molecular flexibility index (Phi) is 9.99. The summed E-state index contributed by atoms with van der Waals surface area (Å²) in [6.45, 7) is -0.0608. The Morgan fingerprint density at radius 3 is 2.50 bits per heavy atom. The molecule has 0 aliphatic rings. The molecule has 2 rings (SSSR count). The Bertz CT molecular complexity index is 638. The third kappa shape index (κ3) is 5.98. The normalized spacial score (nSPS) is 10.8. The van der Waals surface area contributed by atoms with Gasteiger partial charge >= 0.3 is 5.97 Å². The van der Waals surface area contributed by atoms with Gasteiger partial charge in [-0.25, -0.2) is 9.78 Å². The first kappa shape index (κ1) is 22.1. The molecule has 1 heterocycles. The van der Waals surface area contributed by atoms with Crippen LogP contribution < -0.4 is 10.5 Å². The van der Waals surface area contributed by atoms with E-state index < -0.39 is 5.97 Å². The Hall–Kier alpha value is -1.86. The average molecular weight is 375 g/mol. The van der Waals surface area contributed by atoms with Gasteiger partial charge in [-0.2, -0.15) is 0 Å². The summed E-state index contributed by atoms with van der Waals surface area (Å²) in [4.78, 5) is 15.7. The van der Waals surface area contributed by atoms with E-state index >= 15 is 0 Å². The predicted octanol–water partition coefficient (Wildman–Crippen LogP) is 2.37. The number of esters is 1. The third-order valence-electron chi connectivity index (χ3n) is 3.05. The Morgan fingerprint density at radius 2 is 1.92 bits per heavy atom. The van der Waals surface area contributed by atoms with Gasteiger partial charge < -0.3 is 20.3 Å². The first-order valence-corrected chi connectivity index (χ1v) is 6.80. The highest BCUT2D eigenvalue weighted by Crippen LogP contribution is 2.23. The van der Waals surface area contributed by atoms with Crippen molar-refractivity contribution in [1.82, 2.24) is 4.98 Å². The van der Waals surface area contributed by atoms with Crippen LogP contribution in [0.3, 0.4) is 0 Å². The quantitative estimate of drug-likeness (QED) is 0.753. The van der Waals surface area contributed by atoms with Crippen LogP contribution in [-0.2, 0) is 11.2 Å². The molecule has 132 valence electrons. The van der Waals surface area contributed by atoms with Gasteiger partial charge in [-0.3, -0.25) is 0 Å². The number of hydrogen-bond acceptors (Lipinski definition) is 6. The summed E-state index contributed by atoms with van der Waals surface area (Å²) in [5.74, 6) is 0.230. The maximum atomic E-state index is 11.7. The highest BCUT2D eigenvalue weighted by Gasteiger charge is 2.14. The second kappa shape index (κ2) is 10.8. The maximum Gasteiger partial charge on any atom is 0.343 e. The zero-order chi connectivity index (χ0) is 15.9. The minimum atomic E-state index is -0.506. The summed E-state index contributed by atoms with van der Waals surface area (Å²) in [5.41, 5.74) is 6.94. The van der Waals surface area contributed by atoms with E-state index in [0.29, 0.717) is 12.2 Å². The van der Waals surface area contributed by atoms with E-state index in [9.17, 15) is 4.79 Å². The van der Waals surface area contributed by atoms with Gasteiger partial charge in [-0.15, -0.1) is 24.8 Å². The van der Waals surface area contributed by atoms with Crippen LogP contribution in [0, 0.1) is 0 Å². The van der Waals surface area contributed by atoms with E-state index in [-0.39, 0.29) is 48.9 Å². The molecule has 1 atom stereocenters. The summed E-state index contributed by atoms with van der Waals surface area (Å²) in [5, 5.41) is 8.95. The van der Waals surface area contributed by atoms with Gasteiger partial charge in [0.15, 0.2) is 0 Å². The van der Waals surface area contributed by atoms with E-state index in [1.807, 2.05) is 12.1 Å². The van der Waals surface area contributed by atoms with Gasteiger partial charge in [-0.05, 0) is 36.2 Å². The average Bonchev–Trinajstić information content (AvgIpc) is 2.56. The van der Waals surface area contributed by atoms with E-state index in [4.69, 9.17) is 20.3 Å². The SMILES string of the molecule is COC(=O)c1cccnc1Oc1ccc(C[C@H](N)CO)cc1.Cl.Cl. The number of carbonyl (C=O) groups is 1. The molecule has 6 nitrogen and oxygen atoms in total. The van der Waals surface area contributed by atoms with Crippen molar-refractivity contribution in [2.45, 2.75) is 12.5 Å². The van der Waals surface area contributed by atoms with Gasteiger partial charge in [-0.1, -0.05) is 12.1 Å². The lowest BCUT2D eigenvalue weighted by molar-refractivity contribution is 0.0597. The summed E-state index contributed by atoms with van der Waals surface area (Å²) < 4.78 is 10.3. The van der Waals surface area contributed by atoms with Crippen LogP contribution in [0.5, 0.6) is 11.6 Å². The zero-order valence-corrected chi connectivity index (χ0v) is 14.7. The topological polar surface area (TPSA) is 94.7 Å². The predicted molar refractivity (Wildman–Crippen MR) is 95.4 cm³/mol. The smallest absolute Gasteiger partial charge is 0.343 e. The van der Waals surface area contributed by atoms with Gasteiger partial charge in [0.05, 0.1) is 13.7 Å². The number of nitrogens with two attached hydrogens (primary N) is 1. The van der Waals surface area contributed by atoms with E-state index in [2.05, 4.69) is 4.98 Å². The number of halogens is 2. The van der Waals surface area contributed by atoms with Crippen LogP contribution in [0.2, 0.25) is 0 Å². The summed E-state index contributed by atoms with van der Waals surface area (Å²) in [6.07, 6.45) is 2.12. The van der Waals surface area contributed by atoms with Crippen molar-refractivity contribution in [1.29, 1.82) is 0 Å². The van der Waals surface area contributed by atoms with Crippen LogP contribution in [0.15, 0.2) is 42.6 Å². The molecular formula is C16H20Cl2N2O4. The number of rotatable bonds is 6. The minimum absolute atomic E-state index is 0. The lowest BCUT2D eigenvalue weighted by atomic mass is 10.1. The van der Waals surface area contributed by atoms with Crippen LogP contribution in [0.4, 0.5) is 0 Å². The van der Waals surface area contributed by atoms with Gasteiger partial charge in [0.1, 0.15) is 11.3 Å². The summed E-state index contributed by atoms with van der Waals surface area (Å²) >= 11 is 0. The number of nitrogens with zero attached hydrogens (tertiary/aromatic N) is 1.